The molecule has 5 N–H and O–H groups in total. The molecule has 0 aliphatic carbocycles. The molecule has 1 fully saturated rings. The number of benzene rings is 1. The molecular formula is C18H28FN5O2. The molecule has 1 aromatic rings. The second kappa shape index (κ2) is 10.1. The smallest absolute Gasteiger partial charge is 0.312 e. The number of urea groups is 1. The van der Waals surface area contributed by atoms with Crippen molar-refractivity contribution in [2.24, 2.45) is 11.5 Å². The van der Waals surface area contributed by atoms with Gasteiger partial charge in [-0.05, 0) is 37.0 Å². The van der Waals surface area contributed by atoms with Crippen LogP contribution >= 0.6 is 0 Å². The number of nitrogens with two attached hydrogens (primary N) is 2. The Bertz CT molecular complexity index is 613. The van der Waals surface area contributed by atoms with Gasteiger partial charge in [-0.2, -0.15) is 0 Å². The molecule has 26 heavy (non-hydrogen) atoms. The Morgan fingerprint density at radius 1 is 1.23 bits per heavy atom. The van der Waals surface area contributed by atoms with Gasteiger partial charge in [0, 0.05) is 39.3 Å². The Balaban J connectivity index is 1.77. The average Bonchev–Trinajstić information content (AvgIpc) is 2.83. The van der Waals surface area contributed by atoms with E-state index < -0.39 is 12.1 Å². The fourth-order valence-electron chi connectivity index (χ4n) is 3.13. The lowest BCUT2D eigenvalue weighted by atomic mass is 10.1. The van der Waals surface area contributed by atoms with E-state index in [4.69, 9.17) is 11.5 Å². The zero-order valence-electron chi connectivity index (χ0n) is 15.0. The fraction of sp³-hybridized carbons (Fsp3) is 0.556. The minimum absolute atomic E-state index is 0.0586. The van der Waals surface area contributed by atoms with Crippen LogP contribution in [0.1, 0.15) is 24.8 Å². The van der Waals surface area contributed by atoms with Gasteiger partial charge in [0.25, 0.3) is 0 Å². The summed E-state index contributed by atoms with van der Waals surface area (Å²) in [7, 11) is 0. The number of halogens is 1. The Morgan fingerprint density at radius 2 is 2.04 bits per heavy atom. The molecule has 7 nitrogen and oxygen atoms in total. The predicted molar refractivity (Wildman–Crippen MR) is 97.7 cm³/mol. The highest BCUT2D eigenvalue weighted by Crippen LogP contribution is 2.11. The van der Waals surface area contributed by atoms with E-state index in [0.717, 1.165) is 25.1 Å². The molecule has 0 unspecified atom stereocenters. The summed E-state index contributed by atoms with van der Waals surface area (Å²) in [5, 5.41) is 2.49. The molecule has 1 aliphatic heterocycles. The first-order chi connectivity index (χ1) is 12.5. The first-order valence-corrected chi connectivity index (χ1v) is 9.00. The lowest BCUT2D eigenvalue weighted by Gasteiger charge is -2.24. The van der Waals surface area contributed by atoms with Crippen LogP contribution in [0.5, 0.6) is 0 Å². The van der Waals surface area contributed by atoms with Crippen LogP contribution in [-0.4, -0.2) is 60.5 Å². The van der Waals surface area contributed by atoms with Gasteiger partial charge < -0.3 is 21.7 Å². The summed E-state index contributed by atoms with van der Waals surface area (Å²) in [6.45, 7) is 3.96. The molecule has 1 atom stereocenters. The van der Waals surface area contributed by atoms with Crippen molar-refractivity contribution in [3.63, 3.8) is 0 Å². The number of hydrogen-bond donors (Lipinski definition) is 3. The SMILES string of the molecule is NC(=O)NCCC[C@H](N)C(=O)N1CCCN(Cc2cccc(F)c2)CC1. The molecule has 1 aromatic carbocycles. The molecule has 0 aromatic heterocycles. The number of nitrogens with one attached hydrogen (secondary N) is 1. The summed E-state index contributed by atoms with van der Waals surface area (Å²) in [4.78, 5) is 27.2. The zero-order valence-corrected chi connectivity index (χ0v) is 15.0. The van der Waals surface area contributed by atoms with E-state index in [-0.39, 0.29) is 11.7 Å². The monoisotopic (exact) mass is 365 g/mol. The molecule has 1 saturated heterocycles. The number of hydrogen-bond acceptors (Lipinski definition) is 4. The third kappa shape index (κ3) is 6.61. The summed E-state index contributed by atoms with van der Waals surface area (Å²) >= 11 is 0. The third-order valence-electron chi connectivity index (χ3n) is 4.50. The van der Waals surface area contributed by atoms with Crippen molar-refractivity contribution in [1.29, 1.82) is 0 Å². The Labute approximate surface area is 153 Å². The fourth-order valence-corrected chi connectivity index (χ4v) is 3.13. The Kier molecular flexibility index (Phi) is 7.80. The molecule has 1 heterocycles. The van der Waals surface area contributed by atoms with Gasteiger partial charge in [-0.3, -0.25) is 9.69 Å². The van der Waals surface area contributed by atoms with Crippen LogP contribution in [-0.2, 0) is 11.3 Å². The molecular weight excluding hydrogens is 337 g/mol. The average molecular weight is 365 g/mol. The van der Waals surface area contributed by atoms with Gasteiger partial charge >= 0.3 is 6.03 Å². The summed E-state index contributed by atoms with van der Waals surface area (Å²) in [5.41, 5.74) is 11.9. The van der Waals surface area contributed by atoms with Gasteiger partial charge in [-0.25, -0.2) is 9.18 Å². The Hall–Kier alpha value is -2.19. The number of carbonyl (C=O) groups excluding carboxylic acids is 2. The molecule has 0 radical (unpaired) electrons. The second-order valence-electron chi connectivity index (χ2n) is 6.62. The van der Waals surface area contributed by atoms with E-state index in [1.165, 1.54) is 6.07 Å². The van der Waals surface area contributed by atoms with Crippen molar-refractivity contribution < 1.29 is 14.0 Å². The zero-order chi connectivity index (χ0) is 18.9. The molecule has 8 heteroatoms. The van der Waals surface area contributed by atoms with Crippen LogP contribution in [0.15, 0.2) is 24.3 Å². The van der Waals surface area contributed by atoms with Gasteiger partial charge in [0.15, 0.2) is 0 Å². The summed E-state index contributed by atoms with van der Waals surface area (Å²) in [6, 6.07) is 5.46. The quantitative estimate of drug-likeness (QED) is 0.617. The molecule has 3 amide bonds. The minimum atomic E-state index is -0.573. The number of rotatable bonds is 7. The summed E-state index contributed by atoms with van der Waals surface area (Å²) in [6.07, 6.45) is 1.97. The van der Waals surface area contributed by atoms with Crippen molar-refractivity contribution in [3.8, 4) is 0 Å². The Morgan fingerprint density at radius 3 is 2.77 bits per heavy atom. The maximum atomic E-state index is 13.3. The van der Waals surface area contributed by atoms with E-state index in [0.29, 0.717) is 39.0 Å². The summed E-state index contributed by atoms with van der Waals surface area (Å²) < 4.78 is 13.3. The highest BCUT2D eigenvalue weighted by atomic mass is 19.1. The predicted octanol–water partition coefficient (Wildman–Crippen LogP) is 0.636. The van der Waals surface area contributed by atoms with Crippen LogP contribution in [0.25, 0.3) is 0 Å². The van der Waals surface area contributed by atoms with Crippen LogP contribution in [0.2, 0.25) is 0 Å². The van der Waals surface area contributed by atoms with E-state index in [2.05, 4.69) is 10.2 Å². The number of carbonyl (C=O) groups is 2. The lowest BCUT2D eigenvalue weighted by molar-refractivity contribution is -0.132. The normalized spacial score (nSPS) is 16.8. The van der Waals surface area contributed by atoms with Crippen LogP contribution < -0.4 is 16.8 Å². The number of nitrogens with zero attached hydrogens (tertiary/aromatic N) is 2. The molecule has 144 valence electrons. The maximum Gasteiger partial charge on any atom is 0.312 e. The highest BCUT2D eigenvalue weighted by molar-refractivity contribution is 5.81. The lowest BCUT2D eigenvalue weighted by Crippen LogP contribution is -2.45. The van der Waals surface area contributed by atoms with E-state index in [1.807, 2.05) is 6.07 Å². The van der Waals surface area contributed by atoms with Gasteiger partial charge in [0.1, 0.15) is 5.82 Å². The minimum Gasteiger partial charge on any atom is -0.352 e. The standard InChI is InChI=1S/C18H28FN5O2/c19-15-5-1-4-14(12-15)13-23-8-3-9-24(11-10-23)17(25)16(20)6-2-7-22-18(21)26/h1,4-5,12,16H,2-3,6-11,13,20H2,(H3,21,22,26)/t16-/m0/s1. The molecule has 2 rings (SSSR count). The van der Waals surface area contributed by atoms with E-state index in [9.17, 15) is 14.0 Å². The van der Waals surface area contributed by atoms with Gasteiger partial charge in [-0.15, -0.1) is 0 Å². The van der Waals surface area contributed by atoms with Gasteiger partial charge in [0.2, 0.25) is 5.91 Å². The van der Waals surface area contributed by atoms with Crippen molar-refractivity contribution in [2.75, 3.05) is 32.7 Å². The molecule has 0 bridgehead atoms. The van der Waals surface area contributed by atoms with E-state index >= 15 is 0 Å². The van der Waals surface area contributed by atoms with Crippen molar-refractivity contribution in [1.82, 2.24) is 15.1 Å². The third-order valence-corrected chi connectivity index (χ3v) is 4.50. The number of primary amides is 1. The number of amides is 3. The molecule has 1 aliphatic rings. The largest absolute Gasteiger partial charge is 0.352 e. The van der Waals surface area contributed by atoms with Crippen molar-refractivity contribution in [3.05, 3.63) is 35.6 Å². The summed E-state index contributed by atoms with van der Waals surface area (Å²) in [5.74, 6) is -0.289. The molecule has 0 saturated carbocycles. The second-order valence-corrected chi connectivity index (χ2v) is 6.62. The van der Waals surface area contributed by atoms with E-state index in [1.54, 1.807) is 17.0 Å². The maximum absolute atomic E-state index is 13.3. The topological polar surface area (TPSA) is 105 Å². The van der Waals surface area contributed by atoms with Gasteiger partial charge in [0.05, 0.1) is 6.04 Å². The first kappa shape index (κ1) is 20.1. The van der Waals surface area contributed by atoms with Crippen LogP contribution in [0, 0.1) is 5.82 Å². The van der Waals surface area contributed by atoms with Crippen molar-refractivity contribution >= 4 is 11.9 Å². The molecule has 0 spiro atoms. The van der Waals surface area contributed by atoms with Crippen molar-refractivity contribution in [2.45, 2.75) is 31.8 Å². The van der Waals surface area contributed by atoms with Gasteiger partial charge in [-0.1, -0.05) is 12.1 Å². The highest BCUT2D eigenvalue weighted by Gasteiger charge is 2.23. The van der Waals surface area contributed by atoms with Crippen LogP contribution in [0.4, 0.5) is 9.18 Å². The van der Waals surface area contributed by atoms with Crippen LogP contribution in [0.3, 0.4) is 0 Å². The first-order valence-electron chi connectivity index (χ1n) is 9.00.